The monoisotopic (exact) mass is 304 g/mol. The molecule has 0 fully saturated rings. The van der Waals surface area contributed by atoms with Crippen molar-refractivity contribution in [3.8, 4) is 17.2 Å². The smallest absolute Gasteiger partial charge is 0.341 e. The van der Waals surface area contributed by atoms with Gasteiger partial charge in [0.15, 0.2) is 11.5 Å². The Morgan fingerprint density at radius 1 is 1.00 bits per heavy atom. The van der Waals surface area contributed by atoms with E-state index in [2.05, 4.69) is 20.7 Å². The van der Waals surface area contributed by atoms with Crippen LogP contribution >= 0.6 is 15.9 Å². The first-order valence-electron chi connectivity index (χ1n) is 4.67. The van der Waals surface area contributed by atoms with Crippen LogP contribution in [0.3, 0.4) is 0 Å². The van der Waals surface area contributed by atoms with Gasteiger partial charge in [0.25, 0.3) is 0 Å². The zero-order chi connectivity index (χ0) is 13.0. The van der Waals surface area contributed by atoms with Crippen LogP contribution in [0.2, 0.25) is 0 Å². The molecule has 0 amide bonds. The summed E-state index contributed by atoms with van der Waals surface area (Å²) in [5, 5.41) is 0. The van der Waals surface area contributed by atoms with Crippen molar-refractivity contribution in [2.24, 2.45) is 0 Å². The molecular formula is C11H13BrO5. The number of hydrogen-bond acceptors (Lipinski definition) is 5. The molecule has 5 nitrogen and oxygen atoms in total. The van der Waals surface area contributed by atoms with Crippen molar-refractivity contribution in [3.05, 3.63) is 16.1 Å². The van der Waals surface area contributed by atoms with Crippen LogP contribution in [0.4, 0.5) is 0 Å². The lowest BCUT2D eigenvalue weighted by Gasteiger charge is -2.16. The van der Waals surface area contributed by atoms with Crippen molar-refractivity contribution in [1.82, 2.24) is 0 Å². The maximum atomic E-state index is 11.6. The average molecular weight is 305 g/mol. The Kier molecular flexibility index (Phi) is 4.62. The predicted octanol–water partition coefficient (Wildman–Crippen LogP) is 2.26. The third-order valence-electron chi connectivity index (χ3n) is 2.16. The summed E-state index contributed by atoms with van der Waals surface area (Å²) in [6, 6.07) is 1.56. The minimum absolute atomic E-state index is 0.263. The lowest BCUT2D eigenvalue weighted by molar-refractivity contribution is 0.0596. The summed E-state index contributed by atoms with van der Waals surface area (Å²) in [4.78, 5) is 11.6. The van der Waals surface area contributed by atoms with E-state index in [1.54, 1.807) is 6.07 Å². The molecule has 94 valence electrons. The van der Waals surface area contributed by atoms with Gasteiger partial charge in [0, 0.05) is 0 Å². The molecule has 1 aromatic carbocycles. The number of halogens is 1. The van der Waals surface area contributed by atoms with Crippen LogP contribution in [0.25, 0.3) is 0 Å². The van der Waals surface area contributed by atoms with E-state index in [0.29, 0.717) is 16.0 Å². The van der Waals surface area contributed by atoms with Gasteiger partial charge in [-0.15, -0.1) is 0 Å². The molecular weight excluding hydrogens is 292 g/mol. The summed E-state index contributed by atoms with van der Waals surface area (Å²) in [6.45, 7) is 0. The summed E-state index contributed by atoms with van der Waals surface area (Å²) in [7, 11) is 5.71. The van der Waals surface area contributed by atoms with Crippen LogP contribution in [0, 0.1) is 0 Å². The lowest BCUT2D eigenvalue weighted by atomic mass is 10.1. The fourth-order valence-corrected chi connectivity index (χ4v) is 2.00. The van der Waals surface area contributed by atoms with Gasteiger partial charge in [-0.25, -0.2) is 4.79 Å². The number of rotatable bonds is 4. The molecule has 0 bridgehead atoms. The van der Waals surface area contributed by atoms with E-state index in [1.165, 1.54) is 28.4 Å². The van der Waals surface area contributed by atoms with Crippen molar-refractivity contribution in [2.75, 3.05) is 28.4 Å². The van der Waals surface area contributed by atoms with E-state index >= 15 is 0 Å². The van der Waals surface area contributed by atoms with Crippen LogP contribution in [-0.2, 0) is 4.74 Å². The molecule has 1 rings (SSSR count). The maximum Gasteiger partial charge on any atom is 0.341 e. The standard InChI is InChI=1S/C11H13BrO5/c1-14-8-6(11(13)17-4)5-7(12)9(15-2)10(8)16-3/h5H,1-4H3. The van der Waals surface area contributed by atoms with Gasteiger partial charge in [-0.1, -0.05) is 0 Å². The van der Waals surface area contributed by atoms with E-state index in [-0.39, 0.29) is 11.3 Å². The zero-order valence-electron chi connectivity index (χ0n) is 10.00. The van der Waals surface area contributed by atoms with Crippen LogP contribution in [-0.4, -0.2) is 34.4 Å². The zero-order valence-corrected chi connectivity index (χ0v) is 11.6. The summed E-state index contributed by atoms with van der Waals surface area (Å²) in [6.07, 6.45) is 0. The highest BCUT2D eigenvalue weighted by molar-refractivity contribution is 9.10. The number of carbonyl (C=O) groups excluding carboxylic acids is 1. The van der Waals surface area contributed by atoms with Crippen LogP contribution in [0.15, 0.2) is 10.5 Å². The first kappa shape index (κ1) is 13.6. The Hall–Kier alpha value is -1.43. The van der Waals surface area contributed by atoms with Crippen LogP contribution in [0.1, 0.15) is 10.4 Å². The second-order valence-electron chi connectivity index (χ2n) is 3.00. The number of ether oxygens (including phenoxy) is 4. The summed E-state index contributed by atoms with van der Waals surface area (Å²) in [5.74, 6) is 0.560. The topological polar surface area (TPSA) is 54.0 Å². The first-order chi connectivity index (χ1) is 8.10. The minimum Gasteiger partial charge on any atom is -0.492 e. The summed E-state index contributed by atoms with van der Waals surface area (Å²) >= 11 is 3.29. The summed E-state index contributed by atoms with van der Waals surface area (Å²) in [5.41, 5.74) is 0.263. The Balaban J connectivity index is 3.53. The number of methoxy groups -OCH3 is 4. The van der Waals surface area contributed by atoms with Gasteiger partial charge in [0.2, 0.25) is 5.75 Å². The molecule has 0 unspecified atom stereocenters. The Morgan fingerprint density at radius 2 is 1.53 bits per heavy atom. The SMILES string of the molecule is COC(=O)c1cc(Br)c(OC)c(OC)c1OC. The molecule has 17 heavy (non-hydrogen) atoms. The fraction of sp³-hybridized carbons (Fsp3) is 0.364. The lowest BCUT2D eigenvalue weighted by Crippen LogP contribution is -2.06. The molecule has 0 aliphatic carbocycles. The van der Waals surface area contributed by atoms with E-state index < -0.39 is 5.97 Å². The van der Waals surface area contributed by atoms with Gasteiger partial charge in [-0.3, -0.25) is 0 Å². The van der Waals surface area contributed by atoms with Crippen LogP contribution in [0.5, 0.6) is 17.2 Å². The van der Waals surface area contributed by atoms with Gasteiger partial charge in [0.1, 0.15) is 5.56 Å². The average Bonchev–Trinajstić information content (AvgIpc) is 2.36. The maximum absolute atomic E-state index is 11.6. The quantitative estimate of drug-likeness (QED) is 0.799. The highest BCUT2D eigenvalue weighted by atomic mass is 79.9. The number of esters is 1. The second kappa shape index (κ2) is 5.77. The van der Waals surface area contributed by atoms with Gasteiger partial charge in [-0.05, 0) is 22.0 Å². The number of hydrogen-bond donors (Lipinski definition) is 0. The van der Waals surface area contributed by atoms with Gasteiger partial charge >= 0.3 is 5.97 Å². The van der Waals surface area contributed by atoms with E-state index in [1.807, 2.05) is 0 Å². The molecule has 0 spiro atoms. The van der Waals surface area contributed by atoms with Crippen molar-refractivity contribution >= 4 is 21.9 Å². The van der Waals surface area contributed by atoms with E-state index in [4.69, 9.17) is 14.2 Å². The van der Waals surface area contributed by atoms with Gasteiger partial charge in [-0.2, -0.15) is 0 Å². The highest BCUT2D eigenvalue weighted by Crippen LogP contribution is 2.45. The largest absolute Gasteiger partial charge is 0.492 e. The fourth-order valence-electron chi connectivity index (χ4n) is 1.43. The Labute approximate surface area is 108 Å². The number of carbonyl (C=O) groups is 1. The van der Waals surface area contributed by atoms with Crippen molar-refractivity contribution in [2.45, 2.75) is 0 Å². The molecule has 0 heterocycles. The first-order valence-corrected chi connectivity index (χ1v) is 5.46. The van der Waals surface area contributed by atoms with Crippen molar-refractivity contribution in [1.29, 1.82) is 0 Å². The third-order valence-corrected chi connectivity index (χ3v) is 2.75. The van der Waals surface area contributed by atoms with Crippen molar-refractivity contribution in [3.63, 3.8) is 0 Å². The molecule has 0 atom stereocenters. The van der Waals surface area contributed by atoms with Crippen LogP contribution < -0.4 is 14.2 Å². The molecule has 1 aromatic rings. The van der Waals surface area contributed by atoms with Gasteiger partial charge < -0.3 is 18.9 Å². The normalized spacial score (nSPS) is 9.71. The molecule has 0 aliphatic rings. The van der Waals surface area contributed by atoms with Gasteiger partial charge in [0.05, 0.1) is 32.9 Å². The highest BCUT2D eigenvalue weighted by Gasteiger charge is 2.23. The minimum atomic E-state index is -0.511. The van der Waals surface area contributed by atoms with Crippen molar-refractivity contribution < 1.29 is 23.7 Å². The molecule has 0 aromatic heterocycles. The molecule has 6 heteroatoms. The second-order valence-corrected chi connectivity index (χ2v) is 3.85. The Morgan fingerprint density at radius 3 is 1.94 bits per heavy atom. The Bertz CT molecular complexity index is 430. The van der Waals surface area contributed by atoms with E-state index in [0.717, 1.165) is 0 Å². The molecule has 0 N–H and O–H groups in total. The third kappa shape index (κ3) is 2.46. The molecule has 0 saturated heterocycles. The van der Waals surface area contributed by atoms with E-state index in [9.17, 15) is 4.79 Å². The number of benzene rings is 1. The molecule has 0 aliphatic heterocycles. The molecule has 0 saturated carbocycles. The predicted molar refractivity (Wildman–Crippen MR) is 65.1 cm³/mol. The summed E-state index contributed by atoms with van der Waals surface area (Å²) < 4.78 is 20.8. The molecule has 0 radical (unpaired) electrons.